The van der Waals surface area contributed by atoms with Crippen LogP contribution in [0.25, 0.3) is 0 Å². The largest absolute Gasteiger partial charge is 0.299 e. The molecule has 0 amide bonds. The van der Waals surface area contributed by atoms with Crippen molar-refractivity contribution in [2.24, 2.45) is 0 Å². The molecule has 168 valence electrons. The van der Waals surface area contributed by atoms with E-state index in [1.54, 1.807) is 0 Å². The third-order valence-electron chi connectivity index (χ3n) is 5.99. The Kier molecular flexibility index (Phi) is 6.78. The van der Waals surface area contributed by atoms with E-state index >= 15 is 0 Å². The number of hydrogen-bond acceptors (Lipinski definition) is 5. The van der Waals surface area contributed by atoms with Gasteiger partial charge in [-0.15, -0.1) is 0 Å². The molecule has 0 radical (unpaired) electrons. The van der Waals surface area contributed by atoms with Crippen molar-refractivity contribution in [2.45, 2.75) is 42.0 Å². The molecule has 4 rings (SSSR count). The predicted molar refractivity (Wildman–Crippen MR) is 120 cm³/mol. The fourth-order valence-electron chi connectivity index (χ4n) is 4.21. The molecule has 31 heavy (non-hydrogen) atoms. The summed E-state index contributed by atoms with van der Waals surface area (Å²) in [5.74, 6) is 0. The first kappa shape index (κ1) is 22.4. The van der Waals surface area contributed by atoms with Crippen molar-refractivity contribution in [3.8, 4) is 0 Å². The highest BCUT2D eigenvalue weighted by molar-refractivity contribution is 7.89. The molecule has 7 nitrogen and oxygen atoms in total. The molecule has 0 bridgehead atoms. The molecule has 9 heteroatoms. The summed E-state index contributed by atoms with van der Waals surface area (Å²) in [5, 5.41) is 0. The topological polar surface area (TPSA) is 86.8 Å². The lowest BCUT2D eigenvalue weighted by atomic mass is 10.00. The van der Waals surface area contributed by atoms with Crippen molar-refractivity contribution in [1.82, 2.24) is 13.9 Å². The van der Waals surface area contributed by atoms with Crippen molar-refractivity contribution < 1.29 is 16.8 Å². The van der Waals surface area contributed by atoms with E-state index in [9.17, 15) is 16.8 Å². The smallest absolute Gasteiger partial charge is 0.243 e. The molecule has 1 saturated heterocycles. The van der Waals surface area contributed by atoms with Crippen molar-refractivity contribution in [3.05, 3.63) is 59.7 Å². The van der Waals surface area contributed by atoms with E-state index in [0.717, 1.165) is 38.9 Å². The Balaban J connectivity index is 1.29. The van der Waals surface area contributed by atoms with Gasteiger partial charge in [-0.3, -0.25) is 4.90 Å². The highest BCUT2D eigenvalue weighted by Crippen LogP contribution is 2.22. The van der Waals surface area contributed by atoms with E-state index in [-0.39, 0.29) is 9.79 Å². The van der Waals surface area contributed by atoms with Gasteiger partial charge >= 0.3 is 0 Å². The number of fused-ring (bicyclic) bond motifs is 1. The van der Waals surface area contributed by atoms with Crippen LogP contribution >= 0.6 is 0 Å². The van der Waals surface area contributed by atoms with Crippen LogP contribution in [-0.2, 0) is 33.0 Å². The summed E-state index contributed by atoms with van der Waals surface area (Å²) in [5.41, 5.74) is 2.74. The number of rotatable bonds is 8. The summed E-state index contributed by atoms with van der Waals surface area (Å²) in [6, 6.07) is 13.9. The summed E-state index contributed by atoms with van der Waals surface area (Å²) >= 11 is 0. The van der Waals surface area contributed by atoms with Crippen molar-refractivity contribution in [3.63, 3.8) is 0 Å². The monoisotopic (exact) mass is 463 g/mol. The number of benzene rings is 2. The molecule has 2 aromatic carbocycles. The highest BCUT2D eigenvalue weighted by Gasteiger charge is 2.27. The molecule has 2 heterocycles. The van der Waals surface area contributed by atoms with Crippen LogP contribution in [0.1, 0.15) is 30.4 Å². The van der Waals surface area contributed by atoms with Gasteiger partial charge in [-0.2, -0.15) is 4.31 Å². The second-order valence-corrected chi connectivity index (χ2v) is 11.8. The van der Waals surface area contributed by atoms with Crippen LogP contribution in [0.2, 0.25) is 0 Å². The van der Waals surface area contributed by atoms with Crippen molar-refractivity contribution in [1.29, 1.82) is 0 Å². The van der Waals surface area contributed by atoms with Gasteiger partial charge in [0.2, 0.25) is 20.0 Å². The Bertz CT molecular complexity index is 1110. The zero-order valence-corrected chi connectivity index (χ0v) is 19.2. The van der Waals surface area contributed by atoms with Crippen LogP contribution in [0.5, 0.6) is 0 Å². The molecule has 2 aliphatic heterocycles. The minimum Gasteiger partial charge on any atom is -0.299 e. The Morgan fingerprint density at radius 1 is 0.806 bits per heavy atom. The first-order valence-electron chi connectivity index (χ1n) is 10.8. The fraction of sp³-hybridized carbons (Fsp3) is 0.455. The molecule has 0 saturated carbocycles. The second kappa shape index (κ2) is 9.38. The molecule has 0 spiro atoms. The molecule has 0 unspecified atom stereocenters. The average Bonchev–Trinajstić information content (AvgIpc) is 3.33. The second-order valence-electron chi connectivity index (χ2n) is 8.13. The van der Waals surface area contributed by atoms with E-state index in [4.69, 9.17) is 0 Å². The van der Waals surface area contributed by atoms with Crippen LogP contribution in [0.4, 0.5) is 0 Å². The maximum atomic E-state index is 12.6. The Labute approximate surface area is 185 Å². The molecule has 2 aliphatic rings. The molecule has 2 aromatic rings. The minimum atomic E-state index is -3.67. The van der Waals surface area contributed by atoms with Gasteiger partial charge < -0.3 is 0 Å². The summed E-state index contributed by atoms with van der Waals surface area (Å²) in [6.07, 6.45) is 3.45. The molecule has 0 atom stereocenters. The first-order valence-corrected chi connectivity index (χ1v) is 13.7. The minimum absolute atomic E-state index is 0.0831. The van der Waals surface area contributed by atoms with E-state index in [0.29, 0.717) is 26.1 Å². The van der Waals surface area contributed by atoms with Crippen LogP contribution in [-0.4, -0.2) is 58.8 Å². The van der Waals surface area contributed by atoms with Crippen LogP contribution in [0, 0.1) is 0 Å². The lowest BCUT2D eigenvalue weighted by Crippen LogP contribution is -2.33. The Morgan fingerprint density at radius 3 is 2.16 bits per heavy atom. The third-order valence-corrected chi connectivity index (χ3v) is 9.38. The number of hydrogen-bond donors (Lipinski definition) is 1. The van der Waals surface area contributed by atoms with Gasteiger partial charge in [0.25, 0.3) is 0 Å². The van der Waals surface area contributed by atoms with E-state index in [2.05, 4.69) is 33.9 Å². The van der Waals surface area contributed by atoms with E-state index in [1.807, 2.05) is 0 Å². The molecular weight excluding hydrogens is 434 g/mol. The SMILES string of the molecule is O=S(=O)(NCCCN1CCc2ccccc2C1)c1ccc(S(=O)(=O)N2CCCC2)cc1. The van der Waals surface area contributed by atoms with Gasteiger partial charge in [-0.1, -0.05) is 24.3 Å². The van der Waals surface area contributed by atoms with Gasteiger partial charge in [0.05, 0.1) is 9.79 Å². The number of sulfonamides is 2. The van der Waals surface area contributed by atoms with Gasteiger partial charge in [-0.25, -0.2) is 21.6 Å². The Morgan fingerprint density at radius 2 is 1.45 bits per heavy atom. The summed E-state index contributed by atoms with van der Waals surface area (Å²) in [6.45, 7) is 4.09. The van der Waals surface area contributed by atoms with Gasteiger partial charge in [0, 0.05) is 32.7 Å². The molecule has 1 N–H and O–H groups in total. The predicted octanol–water partition coefficient (Wildman–Crippen LogP) is 2.20. The van der Waals surface area contributed by atoms with Crippen LogP contribution < -0.4 is 4.72 Å². The zero-order valence-electron chi connectivity index (χ0n) is 17.5. The molecule has 1 fully saturated rings. The molecular formula is C22H29N3O4S2. The normalized spacial score (nSPS) is 18.2. The lowest BCUT2D eigenvalue weighted by molar-refractivity contribution is 0.251. The zero-order chi connectivity index (χ0) is 21.9. The van der Waals surface area contributed by atoms with Gasteiger partial charge in [0.1, 0.15) is 0 Å². The van der Waals surface area contributed by atoms with Crippen LogP contribution in [0.15, 0.2) is 58.3 Å². The van der Waals surface area contributed by atoms with Gasteiger partial charge in [0.15, 0.2) is 0 Å². The maximum Gasteiger partial charge on any atom is 0.243 e. The lowest BCUT2D eigenvalue weighted by Gasteiger charge is -2.28. The Hall–Kier alpha value is -1.78. The average molecular weight is 464 g/mol. The maximum absolute atomic E-state index is 12.6. The summed E-state index contributed by atoms with van der Waals surface area (Å²) in [7, 11) is -7.21. The van der Waals surface area contributed by atoms with Crippen molar-refractivity contribution >= 4 is 20.0 Å². The summed E-state index contributed by atoms with van der Waals surface area (Å²) < 4.78 is 54.4. The van der Waals surface area contributed by atoms with E-state index in [1.165, 1.54) is 39.7 Å². The molecule has 0 aliphatic carbocycles. The fourth-order valence-corrected chi connectivity index (χ4v) is 6.80. The highest BCUT2D eigenvalue weighted by atomic mass is 32.2. The number of nitrogens with one attached hydrogen (secondary N) is 1. The number of nitrogens with zero attached hydrogens (tertiary/aromatic N) is 2. The summed E-state index contributed by atoms with van der Waals surface area (Å²) in [4.78, 5) is 2.56. The standard InChI is InChI=1S/C22H29N3O4S2/c26-30(27,21-8-10-22(11-9-21)31(28,29)25-15-3-4-16-25)23-13-5-14-24-17-12-19-6-1-2-7-20(19)18-24/h1-2,6-11,23H,3-5,12-18H2. The third kappa shape index (κ3) is 5.18. The van der Waals surface area contributed by atoms with E-state index < -0.39 is 20.0 Å². The van der Waals surface area contributed by atoms with Crippen LogP contribution in [0.3, 0.4) is 0 Å². The first-order chi connectivity index (χ1) is 14.9. The van der Waals surface area contributed by atoms with Gasteiger partial charge in [-0.05, 0) is 67.6 Å². The van der Waals surface area contributed by atoms with Crippen molar-refractivity contribution in [2.75, 3.05) is 32.7 Å². The molecule has 0 aromatic heterocycles. The quantitative estimate of drug-likeness (QED) is 0.607.